The highest BCUT2D eigenvalue weighted by Gasteiger charge is 2.49. The van der Waals surface area contributed by atoms with E-state index in [9.17, 15) is 0 Å². The van der Waals surface area contributed by atoms with Gasteiger partial charge in [-0.25, -0.2) is 0 Å². The van der Waals surface area contributed by atoms with Crippen molar-refractivity contribution in [2.24, 2.45) is 0 Å². The van der Waals surface area contributed by atoms with Crippen LogP contribution in [-0.4, -0.2) is 75.2 Å². The second-order valence-electron chi connectivity index (χ2n) is 26.0. The molecule has 0 radical (unpaired) electrons. The van der Waals surface area contributed by atoms with Crippen molar-refractivity contribution >= 4 is 57.0 Å². The van der Waals surface area contributed by atoms with Gasteiger partial charge in [-0.15, -0.1) is 0 Å². The van der Waals surface area contributed by atoms with E-state index >= 15 is 0 Å². The Labute approximate surface area is 526 Å². The average Bonchev–Trinajstić information content (AvgIpc) is 0.737. The molecule has 13 rings (SSSR count). The predicted molar refractivity (Wildman–Crippen MR) is 366 cm³/mol. The van der Waals surface area contributed by atoms with E-state index in [0.717, 1.165) is 87.6 Å². The van der Waals surface area contributed by atoms with Gasteiger partial charge in [0.25, 0.3) is 0 Å². The molecule has 0 aliphatic carbocycles. The highest BCUT2D eigenvalue weighted by atomic mass is 16.9. The Bertz CT molecular complexity index is 3160. The Morgan fingerprint density at radius 2 is 0.477 bits per heavy atom. The Hall–Kier alpha value is -6.11. The largest absolute Gasteiger partial charge is 0.652 e. The van der Waals surface area contributed by atoms with Crippen LogP contribution in [0.2, 0.25) is 0 Å². The maximum absolute atomic E-state index is 7.10. The number of rotatable bonds is 24. The van der Waals surface area contributed by atoms with Crippen LogP contribution in [0.5, 0.6) is 23.0 Å². The molecular formula is C76H100B2N2O8. The lowest BCUT2D eigenvalue weighted by molar-refractivity contribution is -0.929. The number of quaternary nitrogens is 2. The first-order chi connectivity index (χ1) is 43.1. The third kappa shape index (κ3) is 13.2. The summed E-state index contributed by atoms with van der Waals surface area (Å²) in [6.07, 6.45) is 22.1. The molecule has 0 unspecified atom stereocenters. The van der Waals surface area contributed by atoms with Crippen LogP contribution in [0, 0.1) is 0 Å². The lowest BCUT2D eigenvalue weighted by Crippen LogP contribution is -2.59. The van der Waals surface area contributed by atoms with Gasteiger partial charge in [-0.3, -0.25) is 0 Å². The van der Waals surface area contributed by atoms with Crippen molar-refractivity contribution in [1.29, 1.82) is 0 Å². The van der Waals surface area contributed by atoms with E-state index in [2.05, 4.69) is 128 Å². The summed E-state index contributed by atoms with van der Waals surface area (Å²) in [7, 11) is 0. The molecule has 8 aromatic carbocycles. The van der Waals surface area contributed by atoms with Gasteiger partial charge in [-0.2, -0.15) is 0 Å². The molecule has 0 fully saturated rings. The van der Waals surface area contributed by atoms with E-state index in [4.69, 9.17) is 37.2 Å². The van der Waals surface area contributed by atoms with Crippen LogP contribution < -0.4 is 18.6 Å². The zero-order valence-electron chi connectivity index (χ0n) is 54.7. The van der Waals surface area contributed by atoms with Gasteiger partial charge in [-0.05, 0) is 119 Å². The molecular weight excluding hydrogens is 1090 g/mol. The van der Waals surface area contributed by atoms with Crippen LogP contribution >= 0.6 is 0 Å². The average molecular weight is 1190 g/mol. The third-order valence-corrected chi connectivity index (χ3v) is 19.5. The molecule has 10 nitrogen and oxygen atoms in total. The summed E-state index contributed by atoms with van der Waals surface area (Å²) in [6, 6.07) is 41.7. The third-order valence-electron chi connectivity index (χ3n) is 19.5. The smallest absolute Gasteiger partial charge is 0.634 e. The number of nitrogens with zero attached hydrogens (tertiary/aromatic N) is 2. The summed E-state index contributed by atoms with van der Waals surface area (Å²) >= 11 is 0. The van der Waals surface area contributed by atoms with E-state index in [1.165, 1.54) is 164 Å². The van der Waals surface area contributed by atoms with Gasteiger partial charge in [-0.1, -0.05) is 204 Å². The van der Waals surface area contributed by atoms with Gasteiger partial charge in [0.2, 0.25) is 0 Å². The molecule has 12 heteroatoms. The van der Waals surface area contributed by atoms with E-state index in [0.29, 0.717) is 23.0 Å². The van der Waals surface area contributed by atoms with Crippen molar-refractivity contribution in [2.75, 3.05) is 52.4 Å². The van der Waals surface area contributed by atoms with Gasteiger partial charge in [0.15, 0.2) is 0 Å². The summed E-state index contributed by atoms with van der Waals surface area (Å²) < 4.78 is 57.7. The molecule has 0 amide bonds. The summed E-state index contributed by atoms with van der Waals surface area (Å²) in [5, 5.41) is 8.10. The van der Waals surface area contributed by atoms with Crippen molar-refractivity contribution in [2.45, 2.75) is 185 Å². The maximum Gasteiger partial charge on any atom is 0.652 e. The van der Waals surface area contributed by atoms with Gasteiger partial charge < -0.3 is 46.2 Å². The summed E-state index contributed by atoms with van der Waals surface area (Å²) in [5.74, 6) is 2.49. The fraction of sp³-hybridized carbons (Fsp3) is 0.474. The van der Waals surface area contributed by atoms with Crippen molar-refractivity contribution in [3.8, 4) is 45.3 Å². The zero-order valence-corrected chi connectivity index (χ0v) is 54.7. The van der Waals surface area contributed by atoms with Crippen molar-refractivity contribution in [3.63, 3.8) is 0 Å². The number of hydrogen-bond donors (Lipinski definition) is 0. The van der Waals surface area contributed by atoms with E-state index < -0.39 is 13.9 Å². The molecule has 5 aliphatic rings. The second kappa shape index (κ2) is 28.8. The lowest BCUT2D eigenvalue weighted by atomic mass is 9.83. The van der Waals surface area contributed by atoms with Crippen molar-refractivity contribution in [3.05, 3.63) is 144 Å². The van der Waals surface area contributed by atoms with Crippen LogP contribution in [0.3, 0.4) is 0 Å². The SMILES string of the molecule is CCCC[N+](CCCC)(CCCC)CCCC.CCCC[N+](CCCC)(CCCC)CCCC.c1ccc2c3c4c(cc2c1)CO[B-]1(OCc2cc5ccccc5c(c2O1)-c1c2c(cc5ccccc15)CO[B-]1(OCc5cc6ccccc6c-3c5O1)O2)O4. The topological polar surface area (TPSA) is 73.8 Å². The molecule has 0 saturated carbocycles. The van der Waals surface area contributed by atoms with Crippen LogP contribution in [0.25, 0.3) is 65.3 Å². The standard InChI is InChI=1S/C44H28B2O8.2C16H36N/c1-5-13-33-25(9-1)17-29-21-47-45-48-23-31-19-27-11-3-7-15-35(27)39(43(31)53-45)40-36-16-8-4-12-28(36)20-32-24-50-46(54-44(32)40)49-22-30-18-26-10-2-6-14-34(26)38(42(30)52-46)37(33)41(29)51-45;2*1-5-9-13-17(14-10-6-2,15-11-7-3)16-12-8-4/h1-20H,21-24H2;2*5-16H2,1-4H3/q-2;2*+1. The van der Waals surface area contributed by atoms with Crippen LogP contribution in [0.1, 0.15) is 180 Å². The molecule has 5 aliphatic heterocycles. The number of unbranched alkanes of at least 4 members (excludes halogenated alkanes) is 8. The van der Waals surface area contributed by atoms with Gasteiger partial charge in [0.05, 0.1) is 75.4 Å². The molecule has 0 N–H and O–H groups in total. The first kappa shape index (κ1) is 63.5. The number of fused-ring (bicyclic) bond motifs is 10. The van der Waals surface area contributed by atoms with Gasteiger partial charge >= 0.3 is 13.9 Å². The molecule has 6 bridgehead atoms. The minimum atomic E-state index is -2.79. The normalized spacial score (nSPS) is 15.6. The molecule has 2 spiro atoms. The second-order valence-corrected chi connectivity index (χ2v) is 26.0. The molecule has 0 aromatic heterocycles. The fourth-order valence-corrected chi connectivity index (χ4v) is 14.6. The van der Waals surface area contributed by atoms with Crippen molar-refractivity contribution < 1.29 is 46.2 Å². The van der Waals surface area contributed by atoms with Crippen LogP contribution in [-0.2, 0) is 45.0 Å². The molecule has 0 saturated heterocycles. The number of hydrogen-bond acceptors (Lipinski definition) is 8. The zero-order chi connectivity index (χ0) is 61.1. The number of benzene rings is 8. The summed E-state index contributed by atoms with van der Waals surface area (Å²) in [6.45, 7) is 25.3. The Morgan fingerprint density at radius 1 is 0.284 bits per heavy atom. The Kier molecular flexibility index (Phi) is 20.8. The first-order valence-electron chi connectivity index (χ1n) is 34.6. The van der Waals surface area contributed by atoms with E-state index in [-0.39, 0.29) is 26.4 Å². The Balaban J connectivity index is 0.000000195. The van der Waals surface area contributed by atoms with Gasteiger partial charge in [0.1, 0.15) is 0 Å². The molecule has 5 heterocycles. The van der Waals surface area contributed by atoms with Crippen LogP contribution in [0.15, 0.2) is 121 Å². The fourth-order valence-electron chi connectivity index (χ4n) is 14.6. The minimum absolute atomic E-state index is 0.214. The molecule has 0 atom stereocenters. The minimum Gasteiger partial charge on any atom is -0.634 e. The highest BCUT2D eigenvalue weighted by Crippen LogP contribution is 2.57. The Morgan fingerprint density at radius 3 is 0.670 bits per heavy atom. The molecule has 88 heavy (non-hydrogen) atoms. The summed E-state index contributed by atoms with van der Waals surface area (Å²) in [5.41, 5.74) is 6.91. The lowest BCUT2D eigenvalue weighted by Gasteiger charge is -2.51. The highest BCUT2D eigenvalue weighted by molar-refractivity contribution is 6.57. The van der Waals surface area contributed by atoms with Crippen molar-refractivity contribution in [1.82, 2.24) is 0 Å². The predicted octanol–water partition coefficient (Wildman–Crippen LogP) is 19.9. The molecule has 8 aromatic rings. The molecule has 468 valence electrons. The monoisotopic (exact) mass is 1190 g/mol. The van der Waals surface area contributed by atoms with E-state index in [1.807, 2.05) is 48.5 Å². The van der Waals surface area contributed by atoms with Gasteiger partial charge in [0, 0.05) is 70.9 Å². The van der Waals surface area contributed by atoms with Crippen LogP contribution in [0.4, 0.5) is 0 Å². The maximum atomic E-state index is 7.10. The quantitative estimate of drug-likeness (QED) is 0.0438. The summed E-state index contributed by atoms with van der Waals surface area (Å²) in [4.78, 5) is 0. The first-order valence-corrected chi connectivity index (χ1v) is 34.6. The van der Waals surface area contributed by atoms with E-state index in [1.54, 1.807) is 0 Å².